The Bertz CT molecular complexity index is 522. The van der Waals surface area contributed by atoms with E-state index in [1.165, 1.54) is 24.3 Å². The van der Waals surface area contributed by atoms with E-state index < -0.39 is 15.8 Å². The zero-order chi connectivity index (χ0) is 13.9. The van der Waals surface area contributed by atoms with Crippen LogP contribution in [0, 0.1) is 11.7 Å². The maximum absolute atomic E-state index is 13.5. The Morgan fingerprint density at radius 3 is 2.42 bits per heavy atom. The van der Waals surface area contributed by atoms with E-state index >= 15 is 0 Å². The molecule has 0 atom stereocenters. The highest BCUT2D eigenvalue weighted by Gasteiger charge is 2.26. The van der Waals surface area contributed by atoms with E-state index in [0.717, 1.165) is 32.1 Å². The number of rotatable bonds is 4. The molecule has 1 aliphatic carbocycles. The number of benzene rings is 1. The number of sulfonamides is 1. The summed E-state index contributed by atoms with van der Waals surface area (Å²) in [5, 5.41) is 0. The van der Waals surface area contributed by atoms with Crippen molar-refractivity contribution in [1.29, 1.82) is 0 Å². The third kappa shape index (κ3) is 3.54. The molecule has 1 aliphatic rings. The van der Waals surface area contributed by atoms with Gasteiger partial charge in [0, 0.05) is 6.04 Å². The average molecular weight is 285 g/mol. The van der Waals surface area contributed by atoms with Crippen LogP contribution in [0.2, 0.25) is 0 Å². The van der Waals surface area contributed by atoms with E-state index in [4.69, 9.17) is 0 Å². The SMILES string of the molecule is CCC1CCC(NS(=O)(=O)c2ccccc2F)CC1. The van der Waals surface area contributed by atoms with Gasteiger partial charge >= 0.3 is 0 Å². The molecule has 1 aromatic carbocycles. The van der Waals surface area contributed by atoms with E-state index in [9.17, 15) is 12.8 Å². The van der Waals surface area contributed by atoms with Gasteiger partial charge in [0.25, 0.3) is 0 Å². The third-order valence-electron chi connectivity index (χ3n) is 3.87. The summed E-state index contributed by atoms with van der Waals surface area (Å²) in [5.74, 6) is 0.00598. The molecule has 0 saturated heterocycles. The minimum absolute atomic E-state index is 0.0626. The van der Waals surface area contributed by atoms with Gasteiger partial charge in [0.1, 0.15) is 10.7 Å². The van der Waals surface area contributed by atoms with E-state index in [-0.39, 0.29) is 10.9 Å². The van der Waals surface area contributed by atoms with Gasteiger partial charge in [-0.1, -0.05) is 25.5 Å². The average Bonchev–Trinajstić information content (AvgIpc) is 2.39. The molecule has 19 heavy (non-hydrogen) atoms. The van der Waals surface area contributed by atoms with Crippen molar-refractivity contribution in [2.24, 2.45) is 5.92 Å². The second kappa shape index (κ2) is 6.01. The molecular formula is C14H20FNO2S. The van der Waals surface area contributed by atoms with Crippen LogP contribution >= 0.6 is 0 Å². The maximum atomic E-state index is 13.5. The fraction of sp³-hybridized carbons (Fsp3) is 0.571. The molecule has 106 valence electrons. The van der Waals surface area contributed by atoms with Crippen LogP contribution in [-0.2, 0) is 10.0 Å². The van der Waals surface area contributed by atoms with Crippen molar-refractivity contribution in [3.05, 3.63) is 30.1 Å². The fourth-order valence-corrected chi connectivity index (χ4v) is 4.02. The van der Waals surface area contributed by atoms with Crippen molar-refractivity contribution in [1.82, 2.24) is 4.72 Å². The first kappa shape index (κ1) is 14.5. The standard InChI is InChI=1S/C14H20FNO2S/c1-2-11-7-9-12(10-8-11)16-19(17,18)14-6-4-3-5-13(14)15/h3-6,11-12,16H,2,7-10H2,1H3. The molecule has 3 nitrogen and oxygen atoms in total. The highest BCUT2D eigenvalue weighted by atomic mass is 32.2. The van der Waals surface area contributed by atoms with Crippen LogP contribution in [0.5, 0.6) is 0 Å². The number of hydrogen-bond donors (Lipinski definition) is 1. The van der Waals surface area contributed by atoms with Crippen LogP contribution in [0.15, 0.2) is 29.2 Å². The first-order valence-electron chi connectivity index (χ1n) is 6.79. The molecule has 5 heteroatoms. The van der Waals surface area contributed by atoms with Gasteiger partial charge in [-0.3, -0.25) is 0 Å². The Morgan fingerprint density at radius 2 is 1.84 bits per heavy atom. The summed E-state index contributed by atoms with van der Waals surface area (Å²) >= 11 is 0. The van der Waals surface area contributed by atoms with Gasteiger partial charge in [-0.05, 0) is 43.7 Å². The maximum Gasteiger partial charge on any atom is 0.243 e. The second-order valence-corrected chi connectivity index (χ2v) is 6.86. The van der Waals surface area contributed by atoms with E-state index in [1.54, 1.807) is 0 Å². The number of halogens is 1. The lowest BCUT2D eigenvalue weighted by molar-refractivity contribution is 0.306. The molecule has 0 heterocycles. The summed E-state index contributed by atoms with van der Waals surface area (Å²) in [6.45, 7) is 2.16. The van der Waals surface area contributed by atoms with Crippen LogP contribution in [0.4, 0.5) is 4.39 Å². The van der Waals surface area contributed by atoms with Crippen LogP contribution in [0.3, 0.4) is 0 Å². The molecule has 0 aromatic heterocycles. The van der Waals surface area contributed by atoms with Crippen molar-refractivity contribution >= 4 is 10.0 Å². The molecule has 0 unspecified atom stereocenters. The van der Waals surface area contributed by atoms with Gasteiger partial charge in [-0.15, -0.1) is 0 Å². The fourth-order valence-electron chi connectivity index (χ4n) is 2.63. The van der Waals surface area contributed by atoms with Gasteiger partial charge in [-0.25, -0.2) is 17.5 Å². The normalized spacial score (nSPS) is 24.3. The third-order valence-corrected chi connectivity index (χ3v) is 5.43. The zero-order valence-electron chi connectivity index (χ0n) is 11.1. The van der Waals surface area contributed by atoms with Gasteiger partial charge in [0.15, 0.2) is 0 Å². The van der Waals surface area contributed by atoms with Gasteiger partial charge < -0.3 is 0 Å². The van der Waals surface area contributed by atoms with Crippen LogP contribution < -0.4 is 4.72 Å². The Labute approximate surface area is 114 Å². The van der Waals surface area contributed by atoms with Crippen molar-refractivity contribution in [3.8, 4) is 0 Å². The van der Waals surface area contributed by atoms with Crippen molar-refractivity contribution in [2.45, 2.75) is 50.0 Å². The Morgan fingerprint density at radius 1 is 1.21 bits per heavy atom. The summed E-state index contributed by atoms with van der Waals surface area (Å²) in [7, 11) is -3.74. The topological polar surface area (TPSA) is 46.2 Å². The largest absolute Gasteiger partial charge is 0.243 e. The van der Waals surface area contributed by atoms with Crippen LogP contribution in [0.1, 0.15) is 39.0 Å². The van der Waals surface area contributed by atoms with E-state index in [0.29, 0.717) is 5.92 Å². The molecule has 1 saturated carbocycles. The highest BCUT2D eigenvalue weighted by Crippen LogP contribution is 2.27. The van der Waals surface area contributed by atoms with Gasteiger partial charge in [-0.2, -0.15) is 0 Å². The summed E-state index contributed by atoms with van der Waals surface area (Å²) in [6.07, 6.45) is 4.91. The molecule has 0 spiro atoms. The van der Waals surface area contributed by atoms with Crippen LogP contribution in [0.25, 0.3) is 0 Å². The first-order chi connectivity index (χ1) is 9.03. The number of hydrogen-bond acceptors (Lipinski definition) is 2. The summed E-state index contributed by atoms with van der Waals surface area (Å²) < 4.78 is 40.4. The molecule has 0 bridgehead atoms. The predicted octanol–water partition coefficient (Wildman–Crippen LogP) is 3.07. The first-order valence-corrected chi connectivity index (χ1v) is 8.28. The lowest BCUT2D eigenvalue weighted by atomic mass is 9.85. The molecule has 1 fully saturated rings. The lowest BCUT2D eigenvalue weighted by Gasteiger charge is -2.28. The minimum Gasteiger partial charge on any atom is -0.208 e. The van der Waals surface area contributed by atoms with E-state index in [2.05, 4.69) is 11.6 Å². The van der Waals surface area contributed by atoms with Gasteiger partial charge in [0.05, 0.1) is 0 Å². The Kier molecular flexibility index (Phi) is 4.58. The Balaban J connectivity index is 2.05. The van der Waals surface area contributed by atoms with Crippen molar-refractivity contribution < 1.29 is 12.8 Å². The molecule has 1 N–H and O–H groups in total. The number of nitrogens with one attached hydrogen (secondary N) is 1. The summed E-state index contributed by atoms with van der Waals surface area (Å²) in [4.78, 5) is -0.257. The summed E-state index contributed by atoms with van der Waals surface area (Å²) in [6, 6.07) is 5.43. The Hall–Kier alpha value is -0.940. The predicted molar refractivity (Wildman–Crippen MR) is 72.8 cm³/mol. The molecule has 2 rings (SSSR count). The highest BCUT2D eigenvalue weighted by molar-refractivity contribution is 7.89. The quantitative estimate of drug-likeness (QED) is 0.924. The van der Waals surface area contributed by atoms with Crippen molar-refractivity contribution in [2.75, 3.05) is 0 Å². The zero-order valence-corrected chi connectivity index (χ0v) is 11.9. The molecule has 1 aromatic rings. The lowest BCUT2D eigenvalue weighted by Crippen LogP contribution is -2.37. The summed E-state index contributed by atoms with van der Waals surface area (Å²) in [5.41, 5.74) is 0. The molecule has 0 radical (unpaired) electrons. The van der Waals surface area contributed by atoms with Crippen molar-refractivity contribution in [3.63, 3.8) is 0 Å². The van der Waals surface area contributed by atoms with E-state index in [1.807, 2.05) is 0 Å². The molecular weight excluding hydrogens is 265 g/mol. The minimum atomic E-state index is -3.74. The molecule has 0 aliphatic heterocycles. The van der Waals surface area contributed by atoms with Gasteiger partial charge in [0.2, 0.25) is 10.0 Å². The second-order valence-electron chi connectivity index (χ2n) is 5.18. The smallest absolute Gasteiger partial charge is 0.208 e. The van der Waals surface area contributed by atoms with Crippen LogP contribution in [-0.4, -0.2) is 14.5 Å². The monoisotopic (exact) mass is 285 g/mol. The molecule has 0 amide bonds.